The van der Waals surface area contributed by atoms with Gasteiger partial charge in [-0.2, -0.15) is 4.98 Å². The van der Waals surface area contributed by atoms with Crippen molar-refractivity contribution in [2.75, 3.05) is 5.32 Å². The van der Waals surface area contributed by atoms with Gasteiger partial charge in [-0.05, 0) is 31.0 Å². The van der Waals surface area contributed by atoms with Crippen LogP contribution in [0.25, 0.3) is 11.0 Å². The fraction of sp³-hybridized carbons (Fsp3) is 0.278. The van der Waals surface area contributed by atoms with E-state index in [-0.39, 0.29) is 27.4 Å². The van der Waals surface area contributed by atoms with Crippen molar-refractivity contribution in [1.82, 2.24) is 14.5 Å². The molecule has 2 heterocycles. The van der Waals surface area contributed by atoms with Gasteiger partial charge in [-0.25, -0.2) is 4.98 Å². The number of hydrogen-bond acceptors (Lipinski definition) is 5. The largest absolute Gasteiger partial charge is 0.505 e. The number of hydrogen-bond donors (Lipinski definition) is 2. The molecule has 0 aliphatic rings. The first-order chi connectivity index (χ1) is 12.4. The quantitative estimate of drug-likeness (QED) is 0.602. The van der Waals surface area contributed by atoms with E-state index in [1.807, 2.05) is 13.8 Å². The maximum atomic E-state index is 12.4. The fourth-order valence-corrected chi connectivity index (χ4v) is 3.36. The lowest BCUT2D eigenvalue weighted by molar-refractivity contribution is 0.470. The molecule has 0 fully saturated rings. The lowest BCUT2D eigenvalue weighted by Crippen LogP contribution is -2.24. The van der Waals surface area contributed by atoms with Crippen LogP contribution in [0.1, 0.15) is 32.7 Å². The second kappa shape index (κ2) is 7.51. The average Bonchev–Trinajstić information content (AvgIpc) is 2.62. The Morgan fingerprint density at radius 3 is 2.46 bits per heavy atom. The van der Waals surface area contributed by atoms with Crippen LogP contribution in [0.15, 0.2) is 35.3 Å². The third kappa shape index (κ3) is 3.48. The van der Waals surface area contributed by atoms with E-state index in [0.29, 0.717) is 17.3 Å². The number of aromatic nitrogens is 3. The highest BCUT2D eigenvalue weighted by molar-refractivity contribution is 6.37. The Labute approximate surface area is 160 Å². The van der Waals surface area contributed by atoms with Crippen LogP contribution in [0.2, 0.25) is 10.0 Å². The third-order valence-electron chi connectivity index (χ3n) is 4.25. The zero-order chi connectivity index (χ0) is 18.8. The van der Waals surface area contributed by atoms with Crippen molar-refractivity contribution in [3.05, 3.63) is 50.9 Å². The van der Waals surface area contributed by atoms with Gasteiger partial charge in [-0.3, -0.25) is 9.36 Å². The molecule has 0 atom stereocenters. The molecule has 0 amide bonds. The maximum Gasteiger partial charge on any atom is 0.252 e. The predicted octanol–water partition coefficient (Wildman–Crippen LogP) is 4.91. The van der Waals surface area contributed by atoms with E-state index < -0.39 is 0 Å². The van der Waals surface area contributed by atoms with Gasteiger partial charge in [0.15, 0.2) is 5.75 Å². The number of phenols is 1. The zero-order valence-corrected chi connectivity index (χ0v) is 15.8. The summed E-state index contributed by atoms with van der Waals surface area (Å²) < 4.78 is 1.71. The number of anilines is 2. The molecule has 6 nitrogen and oxygen atoms in total. The van der Waals surface area contributed by atoms with Gasteiger partial charge >= 0.3 is 0 Å². The molecule has 0 aliphatic carbocycles. The molecule has 3 aromatic rings. The van der Waals surface area contributed by atoms with Crippen molar-refractivity contribution in [2.45, 2.75) is 32.7 Å². The summed E-state index contributed by atoms with van der Waals surface area (Å²) in [5, 5.41) is 13.7. The van der Waals surface area contributed by atoms with Crippen LogP contribution in [0.4, 0.5) is 11.6 Å². The molecule has 0 bridgehead atoms. The van der Waals surface area contributed by atoms with Gasteiger partial charge in [0.25, 0.3) is 5.56 Å². The lowest BCUT2D eigenvalue weighted by atomic mass is 10.1. The second-order valence-electron chi connectivity index (χ2n) is 5.90. The number of benzene rings is 1. The predicted molar refractivity (Wildman–Crippen MR) is 105 cm³/mol. The van der Waals surface area contributed by atoms with Crippen LogP contribution < -0.4 is 10.9 Å². The molecule has 0 aliphatic heterocycles. The van der Waals surface area contributed by atoms with Gasteiger partial charge in [-0.1, -0.05) is 37.0 Å². The van der Waals surface area contributed by atoms with Gasteiger partial charge in [0.05, 0.1) is 10.0 Å². The van der Waals surface area contributed by atoms with E-state index in [4.69, 9.17) is 23.2 Å². The number of pyridine rings is 1. The van der Waals surface area contributed by atoms with Gasteiger partial charge in [0.1, 0.15) is 5.65 Å². The van der Waals surface area contributed by atoms with Crippen molar-refractivity contribution in [3.8, 4) is 5.75 Å². The van der Waals surface area contributed by atoms with Crippen molar-refractivity contribution in [1.29, 1.82) is 0 Å². The number of nitrogens with zero attached hydrogens (tertiary/aromatic N) is 3. The molecule has 0 unspecified atom stereocenters. The van der Waals surface area contributed by atoms with Gasteiger partial charge in [0.2, 0.25) is 5.95 Å². The van der Waals surface area contributed by atoms with E-state index in [9.17, 15) is 9.90 Å². The van der Waals surface area contributed by atoms with Crippen LogP contribution in [0, 0.1) is 0 Å². The molecular formula is C18H18Cl2N4O2. The summed E-state index contributed by atoms with van der Waals surface area (Å²) in [4.78, 5) is 21.2. The summed E-state index contributed by atoms with van der Waals surface area (Å²) in [7, 11) is 0. The van der Waals surface area contributed by atoms with Crippen LogP contribution in [0.5, 0.6) is 5.75 Å². The SMILES string of the molecule is CCC(CC)n1c(=O)ccc2cnc(Nc3cc(Cl)c(O)c(Cl)c3)nc21. The van der Waals surface area contributed by atoms with E-state index in [0.717, 1.165) is 18.2 Å². The minimum Gasteiger partial charge on any atom is -0.505 e. The lowest BCUT2D eigenvalue weighted by Gasteiger charge is -2.18. The molecular weight excluding hydrogens is 375 g/mol. The van der Waals surface area contributed by atoms with Crippen molar-refractivity contribution in [3.63, 3.8) is 0 Å². The Hall–Kier alpha value is -2.31. The first-order valence-electron chi connectivity index (χ1n) is 8.27. The average molecular weight is 393 g/mol. The van der Waals surface area contributed by atoms with E-state index >= 15 is 0 Å². The Kier molecular flexibility index (Phi) is 5.34. The van der Waals surface area contributed by atoms with Gasteiger partial charge in [-0.15, -0.1) is 0 Å². The van der Waals surface area contributed by atoms with E-state index in [1.54, 1.807) is 16.8 Å². The molecule has 3 rings (SSSR count). The maximum absolute atomic E-state index is 12.4. The molecule has 8 heteroatoms. The molecule has 0 saturated carbocycles. The van der Waals surface area contributed by atoms with Crippen LogP contribution in [-0.2, 0) is 0 Å². The highest BCUT2D eigenvalue weighted by Gasteiger charge is 2.14. The molecule has 0 saturated heterocycles. The molecule has 2 N–H and O–H groups in total. The minimum absolute atomic E-state index is 0.0616. The Morgan fingerprint density at radius 2 is 1.85 bits per heavy atom. The number of aromatic hydroxyl groups is 1. The topological polar surface area (TPSA) is 80.0 Å². The molecule has 0 spiro atoms. The van der Waals surface area contributed by atoms with Crippen LogP contribution in [0.3, 0.4) is 0 Å². The number of fused-ring (bicyclic) bond motifs is 1. The first-order valence-corrected chi connectivity index (χ1v) is 9.03. The fourth-order valence-electron chi connectivity index (χ4n) is 2.87. The smallest absolute Gasteiger partial charge is 0.252 e. The summed E-state index contributed by atoms with van der Waals surface area (Å²) >= 11 is 11.9. The number of rotatable bonds is 5. The summed E-state index contributed by atoms with van der Waals surface area (Å²) in [6, 6.07) is 6.36. The highest BCUT2D eigenvalue weighted by Crippen LogP contribution is 2.35. The molecule has 136 valence electrons. The number of halogens is 2. The van der Waals surface area contributed by atoms with Crippen molar-refractivity contribution >= 4 is 45.9 Å². The summed E-state index contributed by atoms with van der Waals surface area (Å²) in [6.45, 7) is 4.08. The van der Waals surface area contributed by atoms with E-state index in [2.05, 4.69) is 15.3 Å². The number of phenolic OH excluding ortho intramolecular Hbond substituents is 1. The standard InChI is InChI=1S/C18H18Cl2N4O2/c1-3-12(4-2)24-15(25)6-5-10-9-21-18(23-17(10)24)22-11-7-13(19)16(26)14(20)8-11/h5-9,12,26H,3-4H2,1-2H3,(H,21,22,23). The summed E-state index contributed by atoms with van der Waals surface area (Å²) in [6.07, 6.45) is 3.31. The zero-order valence-electron chi connectivity index (χ0n) is 14.3. The van der Waals surface area contributed by atoms with Gasteiger partial charge in [0, 0.05) is 29.4 Å². The first kappa shape index (κ1) is 18.5. The highest BCUT2D eigenvalue weighted by atomic mass is 35.5. The minimum atomic E-state index is -0.180. The molecule has 2 aromatic heterocycles. The van der Waals surface area contributed by atoms with Crippen LogP contribution in [-0.4, -0.2) is 19.6 Å². The normalized spacial score (nSPS) is 11.3. The third-order valence-corrected chi connectivity index (χ3v) is 4.82. The Balaban J connectivity index is 2.09. The van der Waals surface area contributed by atoms with Crippen molar-refractivity contribution in [2.24, 2.45) is 0 Å². The monoisotopic (exact) mass is 392 g/mol. The summed E-state index contributed by atoms with van der Waals surface area (Å²) in [5.74, 6) is 0.126. The Bertz CT molecular complexity index is 993. The molecule has 26 heavy (non-hydrogen) atoms. The Morgan fingerprint density at radius 1 is 1.19 bits per heavy atom. The van der Waals surface area contributed by atoms with Crippen LogP contribution >= 0.6 is 23.2 Å². The number of nitrogens with one attached hydrogen (secondary N) is 1. The van der Waals surface area contributed by atoms with Crippen molar-refractivity contribution < 1.29 is 5.11 Å². The molecule has 0 radical (unpaired) electrons. The second-order valence-corrected chi connectivity index (χ2v) is 6.71. The van der Waals surface area contributed by atoms with Gasteiger partial charge < -0.3 is 10.4 Å². The van der Waals surface area contributed by atoms with E-state index in [1.165, 1.54) is 18.2 Å². The molecule has 1 aromatic carbocycles. The summed E-state index contributed by atoms with van der Waals surface area (Å²) in [5.41, 5.74) is 1.01.